The summed E-state index contributed by atoms with van der Waals surface area (Å²) in [7, 11) is 2.04. The van der Waals surface area contributed by atoms with E-state index >= 15 is 0 Å². The molecule has 0 saturated heterocycles. The maximum Gasteiger partial charge on any atom is 0.124 e. The van der Waals surface area contributed by atoms with Crippen molar-refractivity contribution in [3.63, 3.8) is 0 Å². The zero-order valence-corrected chi connectivity index (χ0v) is 11.7. The van der Waals surface area contributed by atoms with Crippen LogP contribution in [-0.2, 0) is 6.54 Å². The predicted molar refractivity (Wildman–Crippen MR) is 76.2 cm³/mol. The quantitative estimate of drug-likeness (QED) is 0.630. The van der Waals surface area contributed by atoms with Crippen molar-refractivity contribution in [2.45, 2.75) is 32.7 Å². The maximum atomic E-state index is 13.5. The molecular formula is C16H22FNO. The number of rotatable bonds is 6. The third-order valence-electron chi connectivity index (χ3n) is 2.87. The Morgan fingerprint density at radius 3 is 2.74 bits per heavy atom. The molecule has 0 amide bonds. The molecule has 0 aromatic heterocycles. The molecule has 0 heterocycles. The van der Waals surface area contributed by atoms with Crippen LogP contribution in [0.2, 0.25) is 0 Å². The highest BCUT2D eigenvalue weighted by molar-refractivity contribution is 5.37. The van der Waals surface area contributed by atoms with Crippen LogP contribution < -0.4 is 0 Å². The van der Waals surface area contributed by atoms with E-state index in [0.717, 1.165) is 18.7 Å². The zero-order valence-electron chi connectivity index (χ0n) is 11.7. The molecular weight excluding hydrogens is 241 g/mol. The van der Waals surface area contributed by atoms with E-state index in [4.69, 9.17) is 5.11 Å². The summed E-state index contributed by atoms with van der Waals surface area (Å²) in [5.41, 5.74) is 1.53. The minimum Gasteiger partial charge on any atom is -0.384 e. The zero-order chi connectivity index (χ0) is 14.1. The molecule has 0 spiro atoms. The lowest BCUT2D eigenvalue weighted by Crippen LogP contribution is -2.19. The normalized spacial score (nSPS) is 10.4. The van der Waals surface area contributed by atoms with E-state index in [1.165, 1.54) is 25.3 Å². The van der Waals surface area contributed by atoms with E-state index in [1.54, 1.807) is 6.07 Å². The first-order valence-corrected chi connectivity index (χ1v) is 6.73. The molecule has 19 heavy (non-hydrogen) atoms. The van der Waals surface area contributed by atoms with Gasteiger partial charge in [0.05, 0.1) is 0 Å². The lowest BCUT2D eigenvalue weighted by Gasteiger charge is -2.16. The van der Waals surface area contributed by atoms with Crippen molar-refractivity contribution in [3.8, 4) is 11.8 Å². The Kier molecular flexibility index (Phi) is 7.17. The molecule has 0 fully saturated rings. The Morgan fingerprint density at radius 1 is 1.26 bits per heavy atom. The molecule has 104 valence electrons. The standard InChI is InChI=1S/C16H22FNO/c1-3-4-5-8-18(2)13-15-10-14(7-6-9-19)11-16(17)12-15/h10-12,19H,3-5,8-9,13H2,1-2H3. The highest BCUT2D eigenvalue weighted by atomic mass is 19.1. The van der Waals surface area contributed by atoms with E-state index in [2.05, 4.69) is 23.7 Å². The van der Waals surface area contributed by atoms with Crippen LogP contribution in [0.4, 0.5) is 4.39 Å². The van der Waals surface area contributed by atoms with Crippen molar-refractivity contribution in [1.82, 2.24) is 4.90 Å². The summed E-state index contributed by atoms with van der Waals surface area (Å²) in [4.78, 5) is 2.19. The molecule has 0 saturated carbocycles. The summed E-state index contributed by atoms with van der Waals surface area (Å²) >= 11 is 0. The van der Waals surface area contributed by atoms with Gasteiger partial charge in [-0.1, -0.05) is 31.6 Å². The second-order valence-corrected chi connectivity index (χ2v) is 4.75. The van der Waals surface area contributed by atoms with Gasteiger partial charge in [0.15, 0.2) is 0 Å². The summed E-state index contributed by atoms with van der Waals surface area (Å²) in [6, 6.07) is 4.81. The minimum atomic E-state index is -0.276. The summed E-state index contributed by atoms with van der Waals surface area (Å²) in [6.45, 7) is 3.71. The van der Waals surface area contributed by atoms with Crippen LogP contribution in [0.3, 0.4) is 0 Å². The fourth-order valence-corrected chi connectivity index (χ4v) is 1.98. The molecule has 1 aromatic rings. The Labute approximate surface area is 115 Å². The summed E-state index contributed by atoms with van der Waals surface area (Å²) in [5, 5.41) is 8.66. The third kappa shape index (κ3) is 6.37. The third-order valence-corrected chi connectivity index (χ3v) is 2.87. The number of benzene rings is 1. The topological polar surface area (TPSA) is 23.5 Å². The van der Waals surface area contributed by atoms with Crippen LogP contribution in [0, 0.1) is 17.7 Å². The molecule has 3 heteroatoms. The summed E-state index contributed by atoms with van der Waals surface area (Å²) in [5.74, 6) is 5.01. The first-order valence-electron chi connectivity index (χ1n) is 6.73. The van der Waals surface area contributed by atoms with Crippen molar-refractivity contribution < 1.29 is 9.50 Å². The monoisotopic (exact) mass is 263 g/mol. The SMILES string of the molecule is CCCCCN(C)Cc1cc(F)cc(C#CCO)c1. The van der Waals surface area contributed by atoms with Gasteiger partial charge in [0, 0.05) is 12.1 Å². The molecule has 1 N–H and O–H groups in total. The van der Waals surface area contributed by atoms with Crippen molar-refractivity contribution in [3.05, 3.63) is 35.1 Å². The molecule has 1 rings (SSSR count). The fourth-order valence-electron chi connectivity index (χ4n) is 1.98. The van der Waals surface area contributed by atoms with Crippen LogP contribution in [0.1, 0.15) is 37.3 Å². The number of hydrogen-bond donors (Lipinski definition) is 1. The van der Waals surface area contributed by atoms with E-state index in [-0.39, 0.29) is 12.4 Å². The van der Waals surface area contributed by atoms with Crippen LogP contribution in [0.5, 0.6) is 0 Å². The van der Waals surface area contributed by atoms with Gasteiger partial charge < -0.3 is 10.0 Å². The maximum absolute atomic E-state index is 13.5. The number of hydrogen-bond acceptors (Lipinski definition) is 2. The van der Waals surface area contributed by atoms with Crippen molar-refractivity contribution in [1.29, 1.82) is 0 Å². The first kappa shape index (κ1) is 15.7. The van der Waals surface area contributed by atoms with Gasteiger partial charge in [-0.15, -0.1) is 0 Å². The van der Waals surface area contributed by atoms with Crippen LogP contribution in [-0.4, -0.2) is 30.2 Å². The lowest BCUT2D eigenvalue weighted by atomic mass is 10.1. The molecule has 0 atom stereocenters. The second-order valence-electron chi connectivity index (χ2n) is 4.75. The minimum absolute atomic E-state index is 0.206. The smallest absolute Gasteiger partial charge is 0.124 e. The van der Waals surface area contributed by atoms with Crippen LogP contribution >= 0.6 is 0 Å². The van der Waals surface area contributed by atoms with Crippen LogP contribution in [0.15, 0.2) is 18.2 Å². The molecule has 2 nitrogen and oxygen atoms in total. The molecule has 0 aliphatic carbocycles. The second kappa shape index (κ2) is 8.68. The predicted octanol–water partition coefficient (Wildman–Crippen LogP) is 2.79. The average molecular weight is 263 g/mol. The van der Waals surface area contributed by atoms with E-state index in [1.807, 2.05) is 13.1 Å². The molecule has 0 bridgehead atoms. The molecule has 0 aliphatic rings. The van der Waals surface area contributed by atoms with Gasteiger partial charge in [0.2, 0.25) is 0 Å². The van der Waals surface area contributed by atoms with Gasteiger partial charge in [0.25, 0.3) is 0 Å². The van der Waals surface area contributed by atoms with E-state index < -0.39 is 0 Å². The van der Waals surface area contributed by atoms with Crippen molar-refractivity contribution in [2.75, 3.05) is 20.2 Å². The van der Waals surface area contributed by atoms with Gasteiger partial charge in [-0.05, 0) is 43.8 Å². The summed E-state index contributed by atoms with van der Waals surface area (Å²) in [6.07, 6.45) is 3.59. The Bertz CT molecular complexity index is 448. The van der Waals surface area contributed by atoms with Crippen molar-refractivity contribution >= 4 is 0 Å². The average Bonchev–Trinajstić information content (AvgIpc) is 2.36. The van der Waals surface area contributed by atoms with Gasteiger partial charge in [-0.2, -0.15) is 0 Å². The number of aliphatic hydroxyl groups is 1. The molecule has 0 unspecified atom stereocenters. The van der Waals surface area contributed by atoms with Gasteiger partial charge >= 0.3 is 0 Å². The van der Waals surface area contributed by atoms with Gasteiger partial charge in [0.1, 0.15) is 12.4 Å². The number of unbranched alkanes of at least 4 members (excludes halogenated alkanes) is 2. The number of nitrogens with zero attached hydrogens (tertiary/aromatic N) is 1. The molecule has 0 aliphatic heterocycles. The van der Waals surface area contributed by atoms with Gasteiger partial charge in [-0.25, -0.2) is 4.39 Å². The largest absolute Gasteiger partial charge is 0.384 e. The highest BCUT2D eigenvalue weighted by Gasteiger charge is 2.03. The fraction of sp³-hybridized carbons (Fsp3) is 0.500. The Balaban J connectivity index is 2.64. The summed E-state index contributed by atoms with van der Waals surface area (Å²) < 4.78 is 13.5. The highest BCUT2D eigenvalue weighted by Crippen LogP contribution is 2.11. The number of aliphatic hydroxyl groups excluding tert-OH is 1. The molecule has 1 aromatic carbocycles. The van der Waals surface area contributed by atoms with E-state index in [0.29, 0.717) is 5.56 Å². The van der Waals surface area contributed by atoms with Crippen LogP contribution in [0.25, 0.3) is 0 Å². The number of halogens is 1. The Hall–Kier alpha value is -1.37. The van der Waals surface area contributed by atoms with Crippen molar-refractivity contribution in [2.24, 2.45) is 0 Å². The van der Waals surface area contributed by atoms with E-state index in [9.17, 15) is 4.39 Å². The first-order chi connectivity index (χ1) is 9.15. The van der Waals surface area contributed by atoms with Gasteiger partial charge in [-0.3, -0.25) is 0 Å². The molecule has 0 radical (unpaired) electrons. The Morgan fingerprint density at radius 2 is 2.05 bits per heavy atom. The lowest BCUT2D eigenvalue weighted by molar-refractivity contribution is 0.317.